The molecule has 0 aliphatic carbocycles. The molecule has 0 spiro atoms. The maximum Gasteiger partial charge on any atom is 0.242 e. The van der Waals surface area contributed by atoms with Crippen LogP contribution in [0.15, 0.2) is 41.3 Å². The van der Waals surface area contributed by atoms with E-state index < -0.39 is 10.0 Å². The molecule has 5 nitrogen and oxygen atoms in total. The summed E-state index contributed by atoms with van der Waals surface area (Å²) in [6, 6.07) is 9.57. The summed E-state index contributed by atoms with van der Waals surface area (Å²) >= 11 is 11.8. The van der Waals surface area contributed by atoms with E-state index in [0.717, 1.165) is 0 Å². The Balaban J connectivity index is 2.33. The zero-order valence-corrected chi connectivity index (χ0v) is 13.4. The molecule has 4 N–H and O–H groups in total. The first-order valence-corrected chi connectivity index (χ1v) is 8.12. The number of hydrogen-bond acceptors (Lipinski definition) is 4. The maximum atomic E-state index is 11.7. The van der Waals surface area contributed by atoms with Crippen LogP contribution in [-0.4, -0.2) is 15.5 Å². The summed E-state index contributed by atoms with van der Waals surface area (Å²) in [6.07, 6.45) is 0. The second kappa shape index (κ2) is 6.11. The summed E-state index contributed by atoms with van der Waals surface area (Å²) in [5.74, 6) is 0. The highest BCUT2D eigenvalue weighted by Gasteiger charge is 2.15. The van der Waals surface area contributed by atoms with Crippen molar-refractivity contribution in [3.05, 3.63) is 46.4 Å². The van der Waals surface area contributed by atoms with Crippen LogP contribution >= 0.6 is 23.2 Å². The molecule has 0 saturated carbocycles. The summed E-state index contributed by atoms with van der Waals surface area (Å²) in [5, 5.41) is 4.04. The molecule has 0 heterocycles. The van der Waals surface area contributed by atoms with E-state index in [-0.39, 0.29) is 10.6 Å². The lowest BCUT2D eigenvalue weighted by molar-refractivity contribution is 0.588. The highest BCUT2D eigenvalue weighted by Crippen LogP contribution is 2.28. The Morgan fingerprint density at radius 1 is 1.00 bits per heavy atom. The first-order valence-electron chi connectivity index (χ1n) is 5.88. The van der Waals surface area contributed by atoms with Crippen molar-refractivity contribution in [1.82, 2.24) is 4.72 Å². The third-order valence-corrected chi connectivity index (χ3v) is 4.64. The molecule has 0 fully saturated rings. The van der Waals surface area contributed by atoms with Gasteiger partial charge in [0.2, 0.25) is 10.0 Å². The Labute approximate surface area is 133 Å². The summed E-state index contributed by atoms with van der Waals surface area (Å²) < 4.78 is 25.7. The molecule has 0 amide bonds. The van der Waals surface area contributed by atoms with Crippen LogP contribution in [0, 0.1) is 0 Å². The molecule has 0 unspecified atom stereocenters. The first kappa shape index (κ1) is 15.9. The number of nitrogens with one attached hydrogen (secondary N) is 2. The van der Waals surface area contributed by atoms with E-state index in [9.17, 15) is 8.42 Å². The minimum atomic E-state index is -3.58. The Morgan fingerprint density at radius 3 is 2.14 bits per heavy atom. The predicted molar refractivity (Wildman–Crippen MR) is 86.8 cm³/mol. The van der Waals surface area contributed by atoms with Gasteiger partial charge in [-0.15, -0.1) is 0 Å². The number of nitrogens with two attached hydrogens (primary N) is 1. The topological polar surface area (TPSA) is 84.2 Å². The van der Waals surface area contributed by atoms with E-state index in [1.165, 1.54) is 19.2 Å². The summed E-state index contributed by atoms with van der Waals surface area (Å²) in [6.45, 7) is 0. The lowest BCUT2D eigenvalue weighted by Crippen LogP contribution is -2.19. The molecule has 0 saturated heterocycles. The lowest BCUT2D eigenvalue weighted by atomic mass is 10.2. The van der Waals surface area contributed by atoms with Crippen LogP contribution in [0.25, 0.3) is 0 Å². The van der Waals surface area contributed by atoms with Crippen LogP contribution in [0.5, 0.6) is 0 Å². The van der Waals surface area contributed by atoms with Gasteiger partial charge in [-0.3, -0.25) is 0 Å². The van der Waals surface area contributed by atoms with Crippen molar-refractivity contribution < 1.29 is 8.42 Å². The molecule has 2 aromatic carbocycles. The van der Waals surface area contributed by atoms with Crippen molar-refractivity contribution in [2.75, 3.05) is 18.1 Å². The smallest absolute Gasteiger partial charge is 0.242 e. The average molecular weight is 346 g/mol. The molecule has 2 rings (SSSR count). The molecule has 0 aliphatic heterocycles. The van der Waals surface area contributed by atoms with Crippen LogP contribution in [0.1, 0.15) is 0 Å². The number of anilines is 3. The van der Waals surface area contributed by atoms with E-state index in [2.05, 4.69) is 10.0 Å². The van der Waals surface area contributed by atoms with Gasteiger partial charge in [-0.1, -0.05) is 23.2 Å². The van der Waals surface area contributed by atoms with Crippen LogP contribution in [0.4, 0.5) is 17.1 Å². The second-order valence-corrected chi connectivity index (χ2v) is 6.97. The van der Waals surface area contributed by atoms with Crippen LogP contribution in [0.2, 0.25) is 10.0 Å². The van der Waals surface area contributed by atoms with Gasteiger partial charge >= 0.3 is 0 Å². The van der Waals surface area contributed by atoms with Gasteiger partial charge in [-0.25, -0.2) is 13.1 Å². The third kappa shape index (κ3) is 3.79. The second-order valence-electron chi connectivity index (χ2n) is 4.24. The molecule has 0 bridgehead atoms. The number of rotatable bonds is 4. The van der Waals surface area contributed by atoms with Gasteiger partial charge in [0.25, 0.3) is 0 Å². The van der Waals surface area contributed by atoms with Crippen molar-refractivity contribution in [3.8, 4) is 0 Å². The van der Waals surface area contributed by atoms with Gasteiger partial charge in [0.1, 0.15) is 4.90 Å². The van der Waals surface area contributed by atoms with E-state index in [1.54, 1.807) is 24.3 Å². The molecule has 112 valence electrons. The lowest BCUT2D eigenvalue weighted by Gasteiger charge is -2.11. The first-order chi connectivity index (χ1) is 9.81. The summed E-state index contributed by atoms with van der Waals surface area (Å²) in [5.41, 5.74) is 7.23. The standard InChI is InChI=1S/C13H13Cl2N3O2S/c1-17-21(19,20)13-3-2-10(7-12(13)16)18-11-5-8(14)4-9(15)6-11/h2-7,17-18H,16H2,1H3. The quantitative estimate of drug-likeness (QED) is 0.742. The number of hydrogen-bond donors (Lipinski definition) is 3. The van der Waals surface area contributed by atoms with Crippen molar-refractivity contribution in [1.29, 1.82) is 0 Å². The average Bonchev–Trinajstić information content (AvgIpc) is 2.37. The Hall–Kier alpha value is -1.47. The van der Waals surface area contributed by atoms with Gasteiger partial charge in [0, 0.05) is 21.4 Å². The number of sulfonamides is 1. The highest BCUT2D eigenvalue weighted by molar-refractivity contribution is 7.89. The fraction of sp³-hybridized carbons (Fsp3) is 0.0769. The number of nitrogen functional groups attached to an aromatic ring is 1. The van der Waals surface area contributed by atoms with Gasteiger partial charge in [0.15, 0.2) is 0 Å². The molecule has 0 aliphatic rings. The van der Waals surface area contributed by atoms with Crippen LogP contribution in [0.3, 0.4) is 0 Å². The van der Waals surface area contributed by atoms with Crippen molar-refractivity contribution >= 4 is 50.3 Å². The minimum Gasteiger partial charge on any atom is -0.398 e. The third-order valence-electron chi connectivity index (χ3n) is 2.72. The summed E-state index contributed by atoms with van der Waals surface area (Å²) in [7, 11) is -2.25. The molecular weight excluding hydrogens is 333 g/mol. The molecule has 0 aromatic heterocycles. The van der Waals surface area contributed by atoms with E-state index in [4.69, 9.17) is 28.9 Å². The zero-order chi connectivity index (χ0) is 15.6. The maximum absolute atomic E-state index is 11.7. The van der Waals surface area contributed by atoms with Gasteiger partial charge in [-0.2, -0.15) is 0 Å². The van der Waals surface area contributed by atoms with Gasteiger partial charge in [-0.05, 0) is 43.4 Å². The largest absolute Gasteiger partial charge is 0.398 e. The fourth-order valence-electron chi connectivity index (χ4n) is 1.77. The monoisotopic (exact) mass is 345 g/mol. The van der Waals surface area contributed by atoms with E-state index in [1.807, 2.05) is 0 Å². The molecule has 2 aromatic rings. The Kier molecular flexibility index (Phi) is 4.63. The zero-order valence-electron chi connectivity index (χ0n) is 11.0. The van der Waals surface area contributed by atoms with Crippen LogP contribution in [-0.2, 0) is 10.0 Å². The number of halogens is 2. The highest BCUT2D eigenvalue weighted by atomic mass is 35.5. The van der Waals surface area contributed by atoms with E-state index >= 15 is 0 Å². The van der Waals surface area contributed by atoms with Gasteiger partial charge in [0.05, 0.1) is 5.69 Å². The SMILES string of the molecule is CNS(=O)(=O)c1ccc(Nc2cc(Cl)cc(Cl)c2)cc1N. The predicted octanol–water partition coefficient (Wildman–Crippen LogP) is 3.23. The molecular formula is C13H13Cl2N3O2S. The van der Waals surface area contributed by atoms with E-state index in [0.29, 0.717) is 21.4 Å². The Bertz CT molecular complexity index is 759. The molecule has 8 heteroatoms. The fourth-order valence-corrected chi connectivity index (χ4v) is 3.14. The van der Waals surface area contributed by atoms with Crippen molar-refractivity contribution in [2.24, 2.45) is 0 Å². The van der Waals surface area contributed by atoms with Crippen LogP contribution < -0.4 is 15.8 Å². The Morgan fingerprint density at radius 2 is 1.62 bits per heavy atom. The molecule has 21 heavy (non-hydrogen) atoms. The normalized spacial score (nSPS) is 11.4. The molecule has 0 atom stereocenters. The minimum absolute atomic E-state index is 0.0275. The molecule has 0 radical (unpaired) electrons. The summed E-state index contributed by atoms with van der Waals surface area (Å²) in [4.78, 5) is 0.0275. The number of benzene rings is 2. The van der Waals surface area contributed by atoms with Crippen molar-refractivity contribution in [3.63, 3.8) is 0 Å². The van der Waals surface area contributed by atoms with Gasteiger partial charge < -0.3 is 11.1 Å². The van der Waals surface area contributed by atoms with Crippen molar-refractivity contribution in [2.45, 2.75) is 4.90 Å².